The Kier molecular flexibility index (Phi) is 5.76. The fourth-order valence-corrected chi connectivity index (χ4v) is 2.30. The van der Waals surface area contributed by atoms with E-state index in [4.69, 9.17) is 20.5 Å². The molecule has 3 rings (SSSR count). The summed E-state index contributed by atoms with van der Waals surface area (Å²) < 4.78 is 11.2. The summed E-state index contributed by atoms with van der Waals surface area (Å²) in [5, 5.41) is 18.9. The number of nitrogens with two attached hydrogens (primary N) is 1. The molecule has 3 aromatic rings. The number of aromatic nitrogens is 5. The first-order valence-corrected chi connectivity index (χ1v) is 8.16. The van der Waals surface area contributed by atoms with Crippen molar-refractivity contribution in [2.24, 2.45) is 5.73 Å². The minimum absolute atomic E-state index is 0.239. The molecular weight excluding hydrogens is 348 g/mol. The molecule has 4 N–H and O–H groups in total. The van der Waals surface area contributed by atoms with Crippen molar-refractivity contribution in [3.05, 3.63) is 36.4 Å². The summed E-state index contributed by atoms with van der Waals surface area (Å²) in [5.41, 5.74) is 7.07. The van der Waals surface area contributed by atoms with Gasteiger partial charge in [-0.2, -0.15) is 10.4 Å². The maximum Gasteiger partial charge on any atom is 0.226 e. The van der Waals surface area contributed by atoms with Crippen LogP contribution in [-0.4, -0.2) is 45.4 Å². The molecule has 0 fully saturated rings. The van der Waals surface area contributed by atoms with Crippen LogP contribution >= 0.6 is 0 Å². The van der Waals surface area contributed by atoms with Gasteiger partial charge in [-0.15, -0.1) is 0 Å². The third-order valence-electron chi connectivity index (χ3n) is 3.55. The number of methoxy groups -OCH3 is 1. The first kappa shape index (κ1) is 18.1. The lowest BCUT2D eigenvalue weighted by Crippen LogP contribution is -2.07. The fraction of sp³-hybridized carbons (Fsp3) is 0.235. The van der Waals surface area contributed by atoms with Gasteiger partial charge in [0, 0.05) is 12.3 Å². The smallest absolute Gasteiger partial charge is 0.226 e. The lowest BCUT2D eigenvalue weighted by molar-refractivity contribution is 0.300. The maximum atomic E-state index is 8.77. The third kappa shape index (κ3) is 4.28. The van der Waals surface area contributed by atoms with Crippen LogP contribution in [0.4, 0.5) is 11.6 Å². The average molecular weight is 366 g/mol. The van der Waals surface area contributed by atoms with E-state index in [0.29, 0.717) is 54.1 Å². The van der Waals surface area contributed by atoms with Crippen LogP contribution in [0.25, 0.3) is 11.3 Å². The van der Waals surface area contributed by atoms with Gasteiger partial charge in [0.2, 0.25) is 5.88 Å². The molecule has 0 radical (unpaired) electrons. The standard InChI is InChI=1S/C17H18N8O2/c1-26-13-3-5-20-17(27-6-2-4-18)16(13)12-7-14(25-24-12)23-15-10-21-11(8-19)9-22-15/h3,5,7,9-10H,2,4,6,18H2,1H3,(H2,22,23,24,25). The number of rotatable bonds is 8. The first-order valence-electron chi connectivity index (χ1n) is 8.16. The molecule has 0 aliphatic rings. The van der Waals surface area contributed by atoms with E-state index < -0.39 is 0 Å². The van der Waals surface area contributed by atoms with Crippen LogP contribution in [0.1, 0.15) is 12.1 Å². The van der Waals surface area contributed by atoms with Crippen molar-refractivity contribution in [1.29, 1.82) is 5.26 Å². The Morgan fingerprint density at radius 1 is 1.26 bits per heavy atom. The van der Waals surface area contributed by atoms with Gasteiger partial charge in [0.05, 0.1) is 31.8 Å². The number of aromatic amines is 1. The number of nitrogens with one attached hydrogen (secondary N) is 2. The van der Waals surface area contributed by atoms with Gasteiger partial charge >= 0.3 is 0 Å². The molecule has 10 nitrogen and oxygen atoms in total. The summed E-state index contributed by atoms with van der Waals surface area (Å²) in [4.78, 5) is 12.3. The monoisotopic (exact) mass is 366 g/mol. The molecule has 0 spiro atoms. The van der Waals surface area contributed by atoms with Crippen molar-refractivity contribution in [3.63, 3.8) is 0 Å². The fourth-order valence-electron chi connectivity index (χ4n) is 2.30. The topological polar surface area (TPSA) is 148 Å². The second kappa shape index (κ2) is 8.59. The van der Waals surface area contributed by atoms with Gasteiger partial charge in [-0.05, 0) is 19.0 Å². The molecule has 10 heteroatoms. The number of hydrogen-bond donors (Lipinski definition) is 3. The molecule has 0 aromatic carbocycles. The van der Waals surface area contributed by atoms with Crippen LogP contribution in [-0.2, 0) is 0 Å². The van der Waals surface area contributed by atoms with E-state index in [1.807, 2.05) is 6.07 Å². The maximum absolute atomic E-state index is 8.77. The molecule has 138 valence electrons. The Balaban J connectivity index is 1.85. The zero-order valence-electron chi connectivity index (χ0n) is 14.6. The highest BCUT2D eigenvalue weighted by Gasteiger charge is 2.17. The average Bonchev–Trinajstić information content (AvgIpc) is 3.16. The minimum Gasteiger partial charge on any atom is -0.496 e. The molecule has 0 aliphatic carbocycles. The van der Waals surface area contributed by atoms with Crippen molar-refractivity contribution in [2.75, 3.05) is 25.6 Å². The van der Waals surface area contributed by atoms with E-state index in [2.05, 4.69) is 30.5 Å². The number of anilines is 2. The number of ether oxygens (including phenoxy) is 2. The summed E-state index contributed by atoms with van der Waals surface area (Å²) in [6, 6.07) is 5.43. The van der Waals surface area contributed by atoms with E-state index in [0.717, 1.165) is 0 Å². The van der Waals surface area contributed by atoms with Crippen LogP contribution in [0.5, 0.6) is 11.6 Å². The number of nitriles is 1. The van der Waals surface area contributed by atoms with Gasteiger partial charge < -0.3 is 20.5 Å². The van der Waals surface area contributed by atoms with Crippen molar-refractivity contribution in [3.8, 4) is 29.0 Å². The Labute approximate surface area is 155 Å². The Morgan fingerprint density at radius 3 is 2.85 bits per heavy atom. The van der Waals surface area contributed by atoms with Crippen LogP contribution in [0.15, 0.2) is 30.7 Å². The van der Waals surface area contributed by atoms with Gasteiger partial charge in [0.25, 0.3) is 0 Å². The minimum atomic E-state index is 0.239. The molecule has 0 atom stereocenters. The number of nitrogens with zero attached hydrogens (tertiary/aromatic N) is 5. The van der Waals surface area contributed by atoms with Gasteiger partial charge in [-0.25, -0.2) is 15.0 Å². The summed E-state index contributed by atoms with van der Waals surface area (Å²) in [5.74, 6) is 2.00. The van der Waals surface area contributed by atoms with E-state index in [-0.39, 0.29) is 5.69 Å². The number of pyridine rings is 1. The zero-order valence-corrected chi connectivity index (χ0v) is 14.6. The first-order chi connectivity index (χ1) is 13.2. The highest BCUT2D eigenvalue weighted by atomic mass is 16.5. The lowest BCUT2D eigenvalue weighted by atomic mass is 10.2. The van der Waals surface area contributed by atoms with Crippen LogP contribution in [0.3, 0.4) is 0 Å². The normalized spacial score (nSPS) is 10.3. The predicted molar refractivity (Wildman–Crippen MR) is 97.6 cm³/mol. The van der Waals surface area contributed by atoms with Crippen molar-refractivity contribution >= 4 is 11.6 Å². The molecule has 3 heterocycles. The van der Waals surface area contributed by atoms with Crippen molar-refractivity contribution in [1.82, 2.24) is 25.1 Å². The molecule has 0 unspecified atom stereocenters. The van der Waals surface area contributed by atoms with Gasteiger partial charge in [-0.1, -0.05) is 0 Å². The summed E-state index contributed by atoms with van der Waals surface area (Å²) >= 11 is 0. The van der Waals surface area contributed by atoms with Gasteiger partial charge in [0.15, 0.2) is 11.5 Å². The lowest BCUT2D eigenvalue weighted by Gasteiger charge is -2.12. The summed E-state index contributed by atoms with van der Waals surface area (Å²) in [6.45, 7) is 0.979. The molecule has 0 amide bonds. The second-order valence-electron chi connectivity index (χ2n) is 5.37. The van der Waals surface area contributed by atoms with Crippen LogP contribution < -0.4 is 20.5 Å². The molecule has 0 saturated carbocycles. The molecule has 27 heavy (non-hydrogen) atoms. The molecule has 3 aromatic heterocycles. The number of H-pyrrole nitrogens is 1. The third-order valence-corrected chi connectivity index (χ3v) is 3.55. The Morgan fingerprint density at radius 2 is 2.15 bits per heavy atom. The van der Waals surface area contributed by atoms with Crippen LogP contribution in [0.2, 0.25) is 0 Å². The highest BCUT2D eigenvalue weighted by molar-refractivity contribution is 5.74. The largest absolute Gasteiger partial charge is 0.496 e. The Bertz CT molecular complexity index is 933. The van der Waals surface area contributed by atoms with E-state index >= 15 is 0 Å². The van der Waals surface area contributed by atoms with E-state index in [9.17, 15) is 0 Å². The molecule has 0 saturated heterocycles. The van der Waals surface area contributed by atoms with E-state index in [1.165, 1.54) is 12.4 Å². The molecule has 0 aliphatic heterocycles. The van der Waals surface area contributed by atoms with Crippen molar-refractivity contribution < 1.29 is 9.47 Å². The zero-order chi connectivity index (χ0) is 19.1. The van der Waals surface area contributed by atoms with E-state index in [1.54, 1.807) is 25.4 Å². The quantitative estimate of drug-likeness (QED) is 0.506. The van der Waals surface area contributed by atoms with Gasteiger partial charge in [0.1, 0.15) is 23.2 Å². The predicted octanol–water partition coefficient (Wildman–Crippen LogP) is 1.61. The SMILES string of the molecule is COc1ccnc(OCCCN)c1-c1cc(Nc2cnc(C#N)cn2)n[nH]1. The highest BCUT2D eigenvalue weighted by Crippen LogP contribution is 2.36. The Hall–Kier alpha value is -3.71. The van der Waals surface area contributed by atoms with Crippen molar-refractivity contribution in [2.45, 2.75) is 6.42 Å². The second-order valence-corrected chi connectivity index (χ2v) is 5.37. The number of hydrogen-bond acceptors (Lipinski definition) is 9. The molecular formula is C17H18N8O2. The summed E-state index contributed by atoms with van der Waals surface area (Å²) in [6.07, 6.45) is 5.16. The van der Waals surface area contributed by atoms with Gasteiger partial charge in [-0.3, -0.25) is 5.10 Å². The molecule has 0 bridgehead atoms. The summed E-state index contributed by atoms with van der Waals surface area (Å²) in [7, 11) is 1.57. The van der Waals surface area contributed by atoms with Crippen LogP contribution in [0, 0.1) is 11.3 Å².